The second kappa shape index (κ2) is 12.2. The third-order valence-corrected chi connectivity index (χ3v) is 7.09. The maximum Gasteiger partial charge on any atom is 0.338 e. The Labute approximate surface area is 230 Å². The zero-order chi connectivity index (χ0) is 28.1. The first-order chi connectivity index (χ1) is 18.9. The molecule has 0 amide bonds. The molecule has 2 aromatic carbocycles. The molecule has 0 spiro atoms. The molecule has 0 N–H and O–H groups in total. The van der Waals surface area contributed by atoms with Crippen molar-refractivity contribution in [3.8, 4) is 23.0 Å². The van der Waals surface area contributed by atoms with Gasteiger partial charge in [-0.05, 0) is 69.2 Å². The number of thiazole rings is 1. The normalized spacial score (nSPS) is 14.9. The second-order valence-corrected chi connectivity index (χ2v) is 9.50. The Balaban J connectivity index is 1.92. The van der Waals surface area contributed by atoms with Crippen molar-refractivity contribution in [1.29, 1.82) is 0 Å². The highest BCUT2D eigenvalue weighted by Gasteiger charge is 2.34. The molecule has 9 nitrogen and oxygen atoms in total. The molecule has 39 heavy (non-hydrogen) atoms. The Bertz CT molecular complexity index is 1590. The third kappa shape index (κ3) is 5.56. The Morgan fingerprint density at radius 1 is 0.949 bits per heavy atom. The highest BCUT2D eigenvalue weighted by Crippen LogP contribution is 2.36. The number of fused-ring (bicyclic) bond motifs is 1. The summed E-state index contributed by atoms with van der Waals surface area (Å²) in [6.45, 7) is 8.39. The SMILES string of the molecule is CCOC(=O)C1=C(C)N=c2s/c(=C\c3ccc(OCC)c(OC)c3)c(=O)n2[C@H]1c1ccc(OC)c(OCC)c1. The summed E-state index contributed by atoms with van der Waals surface area (Å²) in [5, 5.41) is 0. The van der Waals surface area contributed by atoms with Crippen molar-refractivity contribution in [2.75, 3.05) is 34.0 Å². The van der Waals surface area contributed by atoms with Gasteiger partial charge in [-0.1, -0.05) is 23.5 Å². The van der Waals surface area contributed by atoms with Crippen LogP contribution in [-0.2, 0) is 9.53 Å². The van der Waals surface area contributed by atoms with Gasteiger partial charge in [0.2, 0.25) is 0 Å². The fourth-order valence-corrected chi connectivity index (χ4v) is 5.49. The highest BCUT2D eigenvalue weighted by atomic mass is 32.1. The van der Waals surface area contributed by atoms with E-state index in [9.17, 15) is 9.59 Å². The topological polar surface area (TPSA) is 97.6 Å². The van der Waals surface area contributed by atoms with E-state index in [1.807, 2.05) is 38.1 Å². The van der Waals surface area contributed by atoms with Crippen LogP contribution in [0.3, 0.4) is 0 Å². The average Bonchev–Trinajstić information content (AvgIpc) is 3.23. The van der Waals surface area contributed by atoms with Crippen LogP contribution in [0.5, 0.6) is 23.0 Å². The van der Waals surface area contributed by atoms with E-state index in [0.29, 0.717) is 62.4 Å². The van der Waals surface area contributed by atoms with E-state index in [1.165, 1.54) is 11.3 Å². The van der Waals surface area contributed by atoms with E-state index in [-0.39, 0.29) is 12.2 Å². The van der Waals surface area contributed by atoms with Gasteiger partial charge in [-0.2, -0.15) is 0 Å². The quantitative estimate of drug-likeness (QED) is 0.355. The number of benzene rings is 2. The molecule has 1 atom stereocenters. The summed E-state index contributed by atoms with van der Waals surface area (Å²) < 4.78 is 29.7. The average molecular weight is 553 g/mol. The Morgan fingerprint density at radius 2 is 1.64 bits per heavy atom. The lowest BCUT2D eigenvalue weighted by Gasteiger charge is -2.25. The highest BCUT2D eigenvalue weighted by molar-refractivity contribution is 7.07. The zero-order valence-electron chi connectivity index (χ0n) is 22.9. The lowest BCUT2D eigenvalue weighted by molar-refractivity contribution is -0.139. The van der Waals surface area contributed by atoms with Crippen LogP contribution >= 0.6 is 11.3 Å². The fraction of sp³-hybridized carbons (Fsp3) is 0.345. The fourth-order valence-electron chi connectivity index (χ4n) is 4.44. The van der Waals surface area contributed by atoms with Crippen LogP contribution in [-0.4, -0.2) is 44.6 Å². The molecule has 1 aromatic heterocycles. The van der Waals surface area contributed by atoms with E-state index >= 15 is 0 Å². The lowest BCUT2D eigenvalue weighted by Crippen LogP contribution is -2.40. The van der Waals surface area contributed by atoms with E-state index < -0.39 is 12.0 Å². The minimum Gasteiger partial charge on any atom is -0.493 e. The zero-order valence-corrected chi connectivity index (χ0v) is 23.7. The molecular formula is C29H32N2O7S. The van der Waals surface area contributed by atoms with Crippen molar-refractivity contribution in [3.63, 3.8) is 0 Å². The number of hydrogen-bond acceptors (Lipinski definition) is 9. The second-order valence-electron chi connectivity index (χ2n) is 8.49. The molecule has 0 unspecified atom stereocenters. The van der Waals surface area contributed by atoms with Crippen LogP contribution in [0.4, 0.5) is 0 Å². The number of rotatable bonds is 10. The van der Waals surface area contributed by atoms with E-state index in [0.717, 1.165) is 5.56 Å². The number of hydrogen-bond donors (Lipinski definition) is 0. The maximum atomic E-state index is 13.9. The van der Waals surface area contributed by atoms with E-state index in [4.69, 9.17) is 23.7 Å². The van der Waals surface area contributed by atoms with E-state index in [2.05, 4.69) is 4.99 Å². The molecule has 1 aliphatic rings. The summed E-state index contributed by atoms with van der Waals surface area (Å²) in [5.74, 6) is 1.73. The van der Waals surface area contributed by atoms with Crippen LogP contribution < -0.4 is 33.8 Å². The standard InChI is InChI=1S/C29H32N2O7S/c1-7-36-21-12-10-18(14-22(21)35-6)15-24-27(32)31-26(19-11-13-20(34-5)23(16-19)37-8-2)25(28(33)38-9-3)17(4)30-29(31)39-24/h10-16,26H,7-9H2,1-6H3/b24-15-/t26-/m0/s1. The largest absolute Gasteiger partial charge is 0.493 e. The van der Waals surface area contributed by atoms with Crippen LogP contribution in [0.25, 0.3) is 6.08 Å². The van der Waals surface area contributed by atoms with Crippen molar-refractivity contribution in [1.82, 2.24) is 4.57 Å². The molecule has 3 aromatic rings. The Morgan fingerprint density at radius 3 is 2.31 bits per heavy atom. The Kier molecular flexibility index (Phi) is 8.75. The molecule has 2 heterocycles. The van der Waals surface area contributed by atoms with Gasteiger partial charge in [0.15, 0.2) is 27.8 Å². The van der Waals surface area contributed by atoms with Gasteiger partial charge in [-0.15, -0.1) is 0 Å². The number of esters is 1. The van der Waals surface area contributed by atoms with Gasteiger partial charge in [0.1, 0.15) is 0 Å². The van der Waals surface area contributed by atoms with Crippen molar-refractivity contribution in [2.45, 2.75) is 33.7 Å². The predicted molar refractivity (Wildman–Crippen MR) is 149 cm³/mol. The predicted octanol–water partition coefficient (Wildman–Crippen LogP) is 3.61. The van der Waals surface area contributed by atoms with Crippen molar-refractivity contribution in [2.24, 2.45) is 4.99 Å². The summed E-state index contributed by atoms with van der Waals surface area (Å²) in [6.07, 6.45) is 1.78. The number of allylic oxidation sites excluding steroid dienone is 1. The van der Waals surface area contributed by atoms with Crippen molar-refractivity contribution >= 4 is 23.4 Å². The van der Waals surface area contributed by atoms with Gasteiger partial charge in [0.05, 0.1) is 55.9 Å². The number of methoxy groups -OCH3 is 2. The number of carbonyl (C=O) groups is 1. The maximum absolute atomic E-state index is 13.9. The van der Waals surface area contributed by atoms with Gasteiger partial charge in [0, 0.05) is 0 Å². The van der Waals surface area contributed by atoms with Crippen molar-refractivity contribution < 1.29 is 28.5 Å². The minimum absolute atomic E-state index is 0.194. The summed E-state index contributed by atoms with van der Waals surface area (Å²) in [7, 11) is 3.13. The molecule has 206 valence electrons. The Hall–Kier alpha value is -4.05. The number of carbonyl (C=O) groups excluding carboxylic acids is 1. The summed E-state index contributed by atoms with van der Waals surface area (Å²) in [6, 6.07) is 10.1. The van der Waals surface area contributed by atoms with Gasteiger partial charge in [-0.3, -0.25) is 9.36 Å². The van der Waals surface area contributed by atoms with Crippen LogP contribution in [0, 0.1) is 0 Å². The van der Waals surface area contributed by atoms with Gasteiger partial charge in [0.25, 0.3) is 5.56 Å². The van der Waals surface area contributed by atoms with Gasteiger partial charge < -0.3 is 23.7 Å². The first kappa shape index (κ1) is 28.0. The first-order valence-electron chi connectivity index (χ1n) is 12.7. The molecule has 0 bridgehead atoms. The summed E-state index contributed by atoms with van der Waals surface area (Å²) in [5.41, 5.74) is 1.95. The van der Waals surface area contributed by atoms with Crippen molar-refractivity contribution in [3.05, 3.63) is 78.5 Å². The molecule has 1 aliphatic heterocycles. The van der Waals surface area contributed by atoms with Gasteiger partial charge >= 0.3 is 5.97 Å². The molecule has 0 fully saturated rings. The number of aromatic nitrogens is 1. The number of ether oxygens (including phenoxy) is 5. The lowest BCUT2D eigenvalue weighted by atomic mass is 9.95. The summed E-state index contributed by atoms with van der Waals surface area (Å²) in [4.78, 5) is 32.2. The van der Waals surface area contributed by atoms with Crippen LogP contribution in [0.15, 0.2) is 57.5 Å². The molecule has 4 rings (SSSR count). The molecule has 0 saturated carbocycles. The first-order valence-corrected chi connectivity index (χ1v) is 13.5. The van der Waals surface area contributed by atoms with Crippen LogP contribution in [0.2, 0.25) is 0 Å². The molecule has 0 saturated heterocycles. The van der Waals surface area contributed by atoms with Gasteiger partial charge in [-0.25, -0.2) is 9.79 Å². The molecule has 0 aliphatic carbocycles. The summed E-state index contributed by atoms with van der Waals surface area (Å²) >= 11 is 1.25. The molecular weight excluding hydrogens is 520 g/mol. The minimum atomic E-state index is -0.762. The van der Waals surface area contributed by atoms with Crippen LogP contribution in [0.1, 0.15) is 44.9 Å². The van der Waals surface area contributed by atoms with E-state index in [1.54, 1.807) is 50.8 Å². The smallest absolute Gasteiger partial charge is 0.338 e. The monoisotopic (exact) mass is 552 g/mol. The molecule has 0 radical (unpaired) electrons. The third-order valence-electron chi connectivity index (χ3n) is 6.11. The molecule has 10 heteroatoms. The number of nitrogens with zero attached hydrogens (tertiary/aromatic N) is 2.